The Morgan fingerprint density at radius 2 is 2.25 bits per heavy atom. The molecule has 1 saturated carbocycles. The summed E-state index contributed by atoms with van der Waals surface area (Å²) in [6.07, 6.45) is 4.29. The molecule has 0 unspecified atom stereocenters. The highest BCUT2D eigenvalue weighted by Gasteiger charge is 2.29. The van der Waals surface area contributed by atoms with Crippen molar-refractivity contribution in [1.29, 1.82) is 5.26 Å². The Kier molecular flexibility index (Phi) is 2.36. The second-order valence-corrected chi connectivity index (χ2v) is 5.15. The average molecular weight is 264 g/mol. The smallest absolute Gasteiger partial charge is 0.229 e. The number of nitrogens with zero attached hydrogens (tertiary/aromatic N) is 4. The van der Waals surface area contributed by atoms with Crippen molar-refractivity contribution in [1.82, 2.24) is 14.7 Å². The highest BCUT2D eigenvalue weighted by atomic mass is 16.5. The summed E-state index contributed by atoms with van der Waals surface area (Å²) in [7, 11) is 0. The number of hydrogen-bond donors (Lipinski definition) is 0. The lowest BCUT2D eigenvalue weighted by atomic mass is 10.2. The van der Waals surface area contributed by atoms with Gasteiger partial charge in [0.15, 0.2) is 5.82 Å². The maximum Gasteiger partial charge on any atom is 0.229 e. The molecule has 0 atom stereocenters. The van der Waals surface area contributed by atoms with Crippen LogP contribution >= 0.6 is 0 Å². The van der Waals surface area contributed by atoms with Gasteiger partial charge in [-0.3, -0.25) is 0 Å². The lowest BCUT2D eigenvalue weighted by Gasteiger charge is -2.01. The van der Waals surface area contributed by atoms with E-state index < -0.39 is 0 Å². The van der Waals surface area contributed by atoms with Crippen molar-refractivity contribution in [3.05, 3.63) is 47.7 Å². The molecule has 2 aromatic heterocycles. The van der Waals surface area contributed by atoms with Crippen molar-refractivity contribution in [3.8, 4) is 6.07 Å². The van der Waals surface area contributed by atoms with Gasteiger partial charge >= 0.3 is 0 Å². The van der Waals surface area contributed by atoms with Crippen molar-refractivity contribution in [2.24, 2.45) is 0 Å². The Balaban J connectivity index is 1.68. The van der Waals surface area contributed by atoms with E-state index in [1.54, 1.807) is 0 Å². The molecular weight excluding hydrogens is 252 g/mol. The van der Waals surface area contributed by atoms with Gasteiger partial charge in [-0.1, -0.05) is 11.2 Å². The first-order valence-electron chi connectivity index (χ1n) is 6.65. The minimum atomic E-state index is 0.475. The van der Waals surface area contributed by atoms with Crippen LogP contribution in [-0.4, -0.2) is 14.7 Å². The van der Waals surface area contributed by atoms with Gasteiger partial charge in [0.05, 0.1) is 18.2 Å². The van der Waals surface area contributed by atoms with E-state index in [0.717, 1.165) is 29.6 Å². The van der Waals surface area contributed by atoms with Crippen molar-refractivity contribution in [2.75, 3.05) is 0 Å². The van der Waals surface area contributed by atoms with E-state index in [1.165, 1.54) is 0 Å². The molecule has 2 heterocycles. The predicted octanol–water partition coefficient (Wildman–Crippen LogP) is 2.82. The van der Waals surface area contributed by atoms with E-state index in [9.17, 15) is 0 Å². The normalized spacial score (nSPS) is 14.6. The standard InChI is InChI=1S/C15H12N4O/c16-8-10-1-2-11-5-6-19(13(11)7-10)9-14-17-15(20-18-14)12-3-4-12/h1-2,5-7,12H,3-4,9H2. The van der Waals surface area contributed by atoms with Crippen LogP contribution in [-0.2, 0) is 6.54 Å². The monoisotopic (exact) mass is 264 g/mol. The van der Waals surface area contributed by atoms with Crippen molar-refractivity contribution in [3.63, 3.8) is 0 Å². The second kappa shape index (κ2) is 4.20. The Labute approximate surface area is 115 Å². The number of fused-ring (bicyclic) bond motifs is 1. The molecule has 0 amide bonds. The molecule has 98 valence electrons. The van der Waals surface area contributed by atoms with Crippen molar-refractivity contribution < 1.29 is 4.52 Å². The number of benzene rings is 1. The third-order valence-corrected chi connectivity index (χ3v) is 3.63. The molecule has 0 bridgehead atoms. The summed E-state index contributed by atoms with van der Waals surface area (Å²) in [5.74, 6) is 1.92. The lowest BCUT2D eigenvalue weighted by molar-refractivity contribution is 0.373. The van der Waals surface area contributed by atoms with Gasteiger partial charge in [0.2, 0.25) is 5.89 Å². The van der Waals surface area contributed by atoms with Crippen LogP contribution in [0.2, 0.25) is 0 Å². The van der Waals surface area contributed by atoms with Gasteiger partial charge < -0.3 is 9.09 Å². The quantitative estimate of drug-likeness (QED) is 0.729. The van der Waals surface area contributed by atoms with E-state index in [1.807, 2.05) is 35.0 Å². The third kappa shape index (κ3) is 1.86. The van der Waals surface area contributed by atoms with Crippen LogP contribution in [0.25, 0.3) is 10.9 Å². The van der Waals surface area contributed by atoms with Crippen LogP contribution in [0.15, 0.2) is 35.0 Å². The molecule has 1 fully saturated rings. The fourth-order valence-corrected chi connectivity index (χ4v) is 2.37. The molecule has 20 heavy (non-hydrogen) atoms. The van der Waals surface area contributed by atoms with E-state index in [4.69, 9.17) is 9.78 Å². The minimum absolute atomic E-state index is 0.475. The van der Waals surface area contributed by atoms with Crippen LogP contribution in [0.3, 0.4) is 0 Å². The fraction of sp³-hybridized carbons (Fsp3) is 0.267. The first-order valence-corrected chi connectivity index (χ1v) is 6.65. The molecule has 5 nitrogen and oxygen atoms in total. The van der Waals surface area contributed by atoms with E-state index in [2.05, 4.69) is 16.2 Å². The number of nitriles is 1. The molecule has 4 rings (SSSR count). The molecule has 0 saturated heterocycles. The number of aromatic nitrogens is 3. The highest BCUT2D eigenvalue weighted by molar-refractivity contribution is 5.81. The number of rotatable bonds is 3. The molecule has 0 spiro atoms. The zero-order valence-corrected chi connectivity index (χ0v) is 10.8. The van der Waals surface area contributed by atoms with Crippen LogP contribution in [0.5, 0.6) is 0 Å². The largest absolute Gasteiger partial charge is 0.340 e. The molecule has 3 aromatic rings. The summed E-state index contributed by atoms with van der Waals surface area (Å²) in [5.41, 5.74) is 1.67. The maximum atomic E-state index is 8.99. The fourth-order valence-electron chi connectivity index (χ4n) is 2.37. The summed E-state index contributed by atoms with van der Waals surface area (Å²) >= 11 is 0. The van der Waals surface area contributed by atoms with Gasteiger partial charge in [-0.05, 0) is 36.4 Å². The molecule has 1 aliphatic rings. The molecule has 1 aliphatic carbocycles. The summed E-state index contributed by atoms with van der Waals surface area (Å²) in [6, 6.07) is 9.86. The molecule has 1 aromatic carbocycles. The Morgan fingerprint density at radius 3 is 3.05 bits per heavy atom. The van der Waals surface area contributed by atoms with Crippen molar-refractivity contribution >= 4 is 10.9 Å². The first kappa shape index (κ1) is 11.2. The molecule has 5 heteroatoms. The predicted molar refractivity (Wildman–Crippen MR) is 72.0 cm³/mol. The molecule has 0 N–H and O–H groups in total. The minimum Gasteiger partial charge on any atom is -0.340 e. The van der Waals surface area contributed by atoms with E-state index >= 15 is 0 Å². The average Bonchev–Trinajstić information content (AvgIpc) is 3.11. The van der Waals surface area contributed by atoms with Gasteiger partial charge in [-0.15, -0.1) is 0 Å². The van der Waals surface area contributed by atoms with Gasteiger partial charge in [-0.2, -0.15) is 10.2 Å². The van der Waals surface area contributed by atoms with Crippen LogP contribution < -0.4 is 0 Å². The summed E-state index contributed by atoms with van der Waals surface area (Å²) in [4.78, 5) is 4.43. The number of hydrogen-bond acceptors (Lipinski definition) is 4. The Bertz CT molecular complexity index is 820. The Morgan fingerprint density at radius 1 is 1.35 bits per heavy atom. The molecule has 0 radical (unpaired) electrons. The first-order chi connectivity index (χ1) is 9.83. The second-order valence-electron chi connectivity index (χ2n) is 5.15. The Hall–Kier alpha value is -2.61. The van der Waals surface area contributed by atoms with Crippen LogP contribution in [0.4, 0.5) is 0 Å². The molecular formula is C15H12N4O. The van der Waals surface area contributed by atoms with Gasteiger partial charge in [-0.25, -0.2) is 0 Å². The maximum absolute atomic E-state index is 8.99. The summed E-state index contributed by atoms with van der Waals surface area (Å²) in [5, 5.41) is 14.1. The van der Waals surface area contributed by atoms with Crippen LogP contribution in [0, 0.1) is 11.3 Å². The zero-order chi connectivity index (χ0) is 13.5. The van der Waals surface area contributed by atoms with Crippen molar-refractivity contribution in [2.45, 2.75) is 25.3 Å². The van der Waals surface area contributed by atoms with E-state index in [-0.39, 0.29) is 0 Å². The van der Waals surface area contributed by atoms with Gasteiger partial charge in [0.1, 0.15) is 0 Å². The highest BCUT2D eigenvalue weighted by Crippen LogP contribution is 2.38. The van der Waals surface area contributed by atoms with Crippen LogP contribution in [0.1, 0.15) is 36.0 Å². The lowest BCUT2D eigenvalue weighted by Crippen LogP contribution is -2.00. The summed E-state index contributed by atoms with van der Waals surface area (Å²) in [6.45, 7) is 0.564. The zero-order valence-electron chi connectivity index (χ0n) is 10.8. The topological polar surface area (TPSA) is 67.6 Å². The molecule has 0 aliphatic heterocycles. The van der Waals surface area contributed by atoms with Gasteiger partial charge in [0.25, 0.3) is 0 Å². The summed E-state index contributed by atoms with van der Waals surface area (Å²) < 4.78 is 7.31. The third-order valence-electron chi connectivity index (χ3n) is 3.63. The van der Waals surface area contributed by atoms with E-state index in [0.29, 0.717) is 23.9 Å². The van der Waals surface area contributed by atoms with Gasteiger partial charge in [0, 0.05) is 17.6 Å². The SMILES string of the molecule is N#Cc1ccc2ccn(Cc3noc(C4CC4)n3)c2c1.